The van der Waals surface area contributed by atoms with Crippen molar-refractivity contribution in [1.82, 2.24) is 5.32 Å². The fraction of sp³-hybridized carbons (Fsp3) is 0.381. The van der Waals surface area contributed by atoms with Crippen molar-refractivity contribution in [1.29, 1.82) is 0 Å². The number of nitrogens with one attached hydrogen (secondary N) is 1. The van der Waals surface area contributed by atoms with Crippen molar-refractivity contribution in [3.05, 3.63) is 59.7 Å². The molecule has 4 rings (SSSR count). The van der Waals surface area contributed by atoms with Gasteiger partial charge in [0.05, 0.1) is 25.7 Å². The number of benzene rings is 2. The lowest BCUT2D eigenvalue weighted by molar-refractivity contribution is -0.126. The lowest BCUT2D eigenvalue weighted by atomic mass is 10.0. The largest absolute Gasteiger partial charge is 0.454 e. The molecular formula is C21H23NO5. The first-order chi connectivity index (χ1) is 13.3. The predicted octanol–water partition coefficient (Wildman–Crippen LogP) is 2.45. The minimum atomic E-state index is -0.153. The van der Waals surface area contributed by atoms with Crippen LogP contribution in [0.15, 0.2) is 48.5 Å². The van der Waals surface area contributed by atoms with Gasteiger partial charge in [-0.25, -0.2) is 0 Å². The van der Waals surface area contributed by atoms with Crippen LogP contribution in [-0.4, -0.2) is 38.1 Å². The summed E-state index contributed by atoms with van der Waals surface area (Å²) in [6.07, 6.45) is 0.880. The van der Waals surface area contributed by atoms with Crippen LogP contribution in [0.3, 0.4) is 0 Å². The second kappa shape index (κ2) is 8.41. The van der Waals surface area contributed by atoms with Gasteiger partial charge < -0.3 is 24.3 Å². The van der Waals surface area contributed by atoms with Gasteiger partial charge in [-0.3, -0.25) is 4.79 Å². The van der Waals surface area contributed by atoms with E-state index < -0.39 is 0 Å². The third-order valence-corrected chi connectivity index (χ3v) is 4.76. The topological polar surface area (TPSA) is 66.0 Å². The van der Waals surface area contributed by atoms with Gasteiger partial charge >= 0.3 is 0 Å². The van der Waals surface area contributed by atoms with Crippen LogP contribution in [0.5, 0.6) is 11.5 Å². The number of hydrogen-bond donors (Lipinski definition) is 1. The van der Waals surface area contributed by atoms with Gasteiger partial charge in [-0.05, 0) is 29.7 Å². The van der Waals surface area contributed by atoms with Crippen molar-refractivity contribution in [2.24, 2.45) is 0 Å². The Labute approximate surface area is 158 Å². The van der Waals surface area contributed by atoms with Crippen LogP contribution in [0.1, 0.15) is 17.5 Å². The second-order valence-corrected chi connectivity index (χ2v) is 6.74. The molecule has 27 heavy (non-hydrogen) atoms. The zero-order chi connectivity index (χ0) is 18.5. The number of hydrogen-bond acceptors (Lipinski definition) is 5. The third kappa shape index (κ3) is 4.59. The highest BCUT2D eigenvalue weighted by Crippen LogP contribution is 2.32. The second-order valence-electron chi connectivity index (χ2n) is 6.74. The predicted molar refractivity (Wildman–Crippen MR) is 98.7 cm³/mol. The van der Waals surface area contributed by atoms with Gasteiger partial charge in [0.25, 0.3) is 0 Å². The highest BCUT2D eigenvalue weighted by atomic mass is 16.7. The maximum absolute atomic E-state index is 12.5. The fourth-order valence-electron chi connectivity index (χ4n) is 3.31. The molecule has 2 aliphatic rings. The lowest BCUT2D eigenvalue weighted by Gasteiger charge is -2.32. The minimum Gasteiger partial charge on any atom is -0.454 e. The first kappa shape index (κ1) is 17.8. The molecule has 1 amide bonds. The summed E-state index contributed by atoms with van der Waals surface area (Å²) in [7, 11) is 0. The standard InChI is InChI=1S/C21H23NO5/c23-21(11-16-6-7-18-19(10-16)27-14-26-18)22-17-8-9-24-13-20(17)25-12-15-4-2-1-3-5-15/h1-7,10,17,20H,8-9,11-14H2,(H,22,23). The SMILES string of the molecule is O=C(Cc1ccc2c(c1)OCO2)NC1CCOCC1OCc1ccccc1. The van der Waals surface area contributed by atoms with Crippen molar-refractivity contribution in [2.75, 3.05) is 20.0 Å². The fourth-order valence-corrected chi connectivity index (χ4v) is 3.31. The molecule has 1 fully saturated rings. The molecule has 2 unspecified atom stereocenters. The van der Waals surface area contributed by atoms with Crippen molar-refractivity contribution in [3.8, 4) is 11.5 Å². The maximum atomic E-state index is 12.5. The van der Waals surface area contributed by atoms with Crippen molar-refractivity contribution in [3.63, 3.8) is 0 Å². The van der Waals surface area contributed by atoms with Crippen LogP contribution < -0.4 is 14.8 Å². The molecule has 0 radical (unpaired) electrons. The van der Waals surface area contributed by atoms with E-state index in [9.17, 15) is 4.79 Å². The monoisotopic (exact) mass is 369 g/mol. The summed E-state index contributed by atoms with van der Waals surface area (Å²) < 4.78 is 22.2. The number of carbonyl (C=O) groups excluding carboxylic acids is 1. The number of carbonyl (C=O) groups is 1. The van der Waals surface area contributed by atoms with Crippen LogP contribution in [0.2, 0.25) is 0 Å². The molecule has 0 aliphatic carbocycles. The molecule has 1 N–H and O–H groups in total. The third-order valence-electron chi connectivity index (χ3n) is 4.76. The molecule has 6 nitrogen and oxygen atoms in total. The average molecular weight is 369 g/mol. The zero-order valence-corrected chi connectivity index (χ0v) is 15.1. The Hall–Kier alpha value is -2.57. The van der Waals surface area contributed by atoms with Gasteiger partial charge in [0, 0.05) is 6.61 Å². The average Bonchev–Trinajstić information content (AvgIpc) is 3.16. The van der Waals surface area contributed by atoms with Crippen LogP contribution in [0.25, 0.3) is 0 Å². The number of fused-ring (bicyclic) bond motifs is 1. The molecular weight excluding hydrogens is 346 g/mol. The van der Waals surface area contributed by atoms with E-state index in [1.165, 1.54) is 0 Å². The summed E-state index contributed by atoms with van der Waals surface area (Å²) in [6.45, 7) is 1.85. The molecule has 2 atom stereocenters. The molecule has 2 aromatic carbocycles. The molecule has 2 aliphatic heterocycles. The summed E-state index contributed by atoms with van der Waals surface area (Å²) in [6, 6.07) is 15.5. The van der Waals surface area contributed by atoms with E-state index in [1.807, 2.05) is 48.5 Å². The molecule has 0 spiro atoms. The van der Waals surface area contributed by atoms with E-state index in [0.29, 0.717) is 32.0 Å². The zero-order valence-electron chi connectivity index (χ0n) is 15.1. The van der Waals surface area contributed by atoms with Gasteiger partial charge in [-0.15, -0.1) is 0 Å². The summed E-state index contributed by atoms with van der Waals surface area (Å²) >= 11 is 0. The van der Waals surface area contributed by atoms with Gasteiger partial charge in [-0.2, -0.15) is 0 Å². The van der Waals surface area contributed by atoms with Crippen LogP contribution in [-0.2, 0) is 27.3 Å². The summed E-state index contributed by atoms with van der Waals surface area (Å²) in [5.41, 5.74) is 2.00. The summed E-state index contributed by atoms with van der Waals surface area (Å²) in [5.74, 6) is 1.38. The molecule has 2 aromatic rings. The van der Waals surface area contributed by atoms with E-state index in [-0.39, 0.29) is 24.8 Å². The Kier molecular flexibility index (Phi) is 5.55. The normalized spacial score (nSPS) is 21.0. The highest BCUT2D eigenvalue weighted by molar-refractivity contribution is 5.79. The van der Waals surface area contributed by atoms with Gasteiger partial charge in [0.1, 0.15) is 6.10 Å². The molecule has 142 valence electrons. The van der Waals surface area contributed by atoms with E-state index in [0.717, 1.165) is 23.3 Å². The molecule has 2 heterocycles. The molecule has 0 saturated carbocycles. The molecule has 0 bridgehead atoms. The Bertz CT molecular complexity index is 779. The number of amides is 1. The van der Waals surface area contributed by atoms with Gasteiger partial charge in [0.15, 0.2) is 11.5 Å². The molecule has 1 saturated heterocycles. The molecule has 0 aromatic heterocycles. The van der Waals surface area contributed by atoms with E-state index in [1.54, 1.807) is 0 Å². The van der Waals surface area contributed by atoms with E-state index in [4.69, 9.17) is 18.9 Å². The minimum absolute atomic E-state index is 0.0333. The Balaban J connectivity index is 1.32. The number of rotatable bonds is 6. The maximum Gasteiger partial charge on any atom is 0.231 e. The quantitative estimate of drug-likeness (QED) is 0.847. The summed E-state index contributed by atoms with van der Waals surface area (Å²) in [4.78, 5) is 12.5. The first-order valence-corrected chi connectivity index (χ1v) is 9.19. The summed E-state index contributed by atoms with van der Waals surface area (Å²) in [5, 5.41) is 3.11. The van der Waals surface area contributed by atoms with Crippen molar-refractivity contribution >= 4 is 5.91 Å². The van der Waals surface area contributed by atoms with Gasteiger partial charge in [-0.1, -0.05) is 36.4 Å². The van der Waals surface area contributed by atoms with E-state index >= 15 is 0 Å². The van der Waals surface area contributed by atoms with Crippen LogP contribution in [0, 0.1) is 0 Å². The smallest absolute Gasteiger partial charge is 0.231 e. The van der Waals surface area contributed by atoms with Crippen molar-refractivity contribution < 1.29 is 23.7 Å². The van der Waals surface area contributed by atoms with Crippen molar-refractivity contribution in [2.45, 2.75) is 31.6 Å². The Morgan fingerprint density at radius 2 is 1.93 bits per heavy atom. The first-order valence-electron chi connectivity index (χ1n) is 9.19. The Morgan fingerprint density at radius 3 is 2.81 bits per heavy atom. The number of ether oxygens (including phenoxy) is 4. The Morgan fingerprint density at radius 1 is 1.07 bits per heavy atom. The lowest BCUT2D eigenvalue weighted by Crippen LogP contribution is -2.50. The molecule has 6 heteroatoms. The highest BCUT2D eigenvalue weighted by Gasteiger charge is 2.28. The van der Waals surface area contributed by atoms with Gasteiger partial charge in [0.2, 0.25) is 12.7 Å². The van der Waals surface area contributed by atoms with Crippen LogP contribution in [0.4, 0.5) is 0 Å². The van der Waals surface area contributed by atoms with E-state index in [2.05, 4.69) is 5.32 Å². The van der Waals surface area contributed by atoms with Crippen LogP contribution >= 0.6 is 0 Å².